The van der Waals surface area contributed by atoms with Crippen molar-refractivity contribution in [1.82, 2.24) is 10.2 Å². The summed E-state index contributed by atoms with van der Waals surface area (Å²) < 4.78 is 0. The number of likely N-dealkylation sites (N-methyl/N-ethyl adjacent to an activating group) is 1. The molecular weight excluding hydrogens is 212 g/mol. The van der Waals surface area contributed by atoms with Gasteiger partial charge in [0.25, 0.3) is 0 Å². The van der Waals surface area contributed by atoms with Gasteiger partial charge in [-0.3, -0.25) is 0 Å². The topological polar surface area (TPSA) is 35.5 Å². The number of benzene rings is 1. The Kier molecular flexibility index (Phi) is 5.62. The van der Waals surface area contributed by atoms with Gasteiger partial charge in [-0.15, -0.1) is 0 Å². The monoisotopic (exact) mass is 236 g/mol. The Balaban J connectivity index is 2.49. The summed E-state index contributed by atoms with van der Waals surface area (Å²) >= 11 is 0. The van der Waals surface area contributed by atoms with E-state index in [0.717, 1.165) is 25.1 Å². The highest BCUT2D eigenvalue weighted by Crippen LogP contribution is 2.20. The summed E-state index contributed by atoms with van der Waals surface area (Å²) in [5.74, 6) is 0. The molecule has 0 radical (unpaired) electrons. The van der Waals surface area contributed by atoms with Gasteiger partial charge in [0.2, 0.25) is 0 Å². The number of hydrogen-bond acceptors (Lipinski definition) is 3. The molecule has 17 heavy (non-hydrogen) atoms. The molecule has 0 amide bonds. The van der Waals surface area contributed by atoms with E-state index in [9.17, 15) is 5.11 Å². The molecule has 96 valence electrons. The fourth-order valence-electron chi connectivity index (χ4n) is 2.02. The molecule has 0 aliphatic carbocycles. The molecule has 0 heterocycles. The molecule has 1 aromatic carbocycles. The summed E-state index contributed by atoms with van der Waals surface area (Å²) in [6.07, 6.45) is 1.10. The van der Waals surface area contributed by atoms with Crippen LogP contribution in [0.3, 0.4) is 0 Å². The maximum Gasteiger partial charge on any atom is 0.0994 e. The molecule has 0 fully saturated rings. The van der Waals surface area contributed by atoms with Crippen LogP contribution in [0.5, 0.6) is 0 Å². The predicted molar refractivity (Wildman–Crippen MR) is 72.1 cm³/mol. The van der Waals surface area contributed by atoms with Gasteiger partial charge < -0.3 is 15.3 Å². The Morgan fingerprint density at radius 1 is 1.29 bits per heavy atom. The number of rotatable bonds is 7. The van der Waals surface area contributed by atoms with E-state index in [0.29, 0.717) is 6.54 Å². The Bertz CT molecular complexity index is 311. The summed E-state index contributed by atoms with van der Waals surface area (Å²) in [5, 5.41) is 13.6. The summed E-state index contributed by atoms with van der Waals surface area (Å²) in [4.78, 5) is 2.17. The summed E-state index contributed by atoms with van der Waals surface area (Å²) in [7, 11) is 4.01. The van der Waals surface area contributed by atoms with Crippen molar-refractivity contribution in [2.24, 2.45) is 0 Å². The molecule has 1 atom stereocenters. The highest BCUT2D eigenvalue weighted by atomic mass is 16.3. The van der Waals surface area contributed by atoms with Crippen LogP contribution in [-0.2, 0) is 5.60 Å². The van der Waals surface area contributed by atoms with Gasteiger partial charge in [0.1, 0.15) is 0 Å². The number of nitrogens with zero attached hydrogens (tertiary/aromatic N) is 1. The van der Waals surface area contributed by atoms with E-state index in [1.54, 1.807) is 0 Å². The SMILES string of the molecule is CNCCCN(C)CC(C)(O)c1ccccc1. The van der Waals surface area contributed by atoms with E-state index in [4.69, 9.17) is 0 Å². The fourth-order valence-corrected chi connectivity index (χ4v) is 2.02. The van der Waals surface area contributed by atoms with Crippen LogP contribution in [0.2, 0.25) is 0 Å². The second-order valence-corrected chi connectivity index (χ2v) is 4.83. The minimum Gasteiger partial charge on any atom is -0.384 e. The van der Waals surface area contributed by atoms with Gasteiger partial charge in [-0.05, 0) is 46.1 Å². The van der Waals surface area contributed by atoms with Crippen LogP contribution in [0.25, 0.3) is 0 Å². The van der Waals surface area contributed by atoms with Crippen molar-refractivity contribution in [3.05, 3.63) is 35.9 Å². The van der Waals surface area contributed by atoms with E-state index in [1.165, 1.54) is 0 Å². The molecule has 0 saturated carbocycles. The van der Waals surface area contributed by atoms with Crippen molar-refractivity contribution in [2.45, 2.75) is 18.9 Å². The van der Waals surface area contributed by atoms with Crippen molar-refractivity contribution in [2.75, 3.05) is 33.7 Å². The van der Waals surface area contributed by atoms with E-state index in [1.807, 2.05) is 51.4 Å². The van der Waals surface area contributed by atoms with Crippen molar-refractivity contribution in [3.63, 3.8) is 0 Å². The Labute approximate surface area is 104 Å². The van der Waals surface area contributed by atoms with Crippen molar-refractivity contribution in [1.29, 1.82) is 0 Å². The van der Waals surface area contributed by atoms with Crippen LogP contribution in [0.15, 0.2) is 30.3 Å². The van der Waals surface area contributed by atoms with Crippen molar-refractivity contribution < 1.29 is 5.11 Å². The van der Waals surface area contributed by atoms with Gasteiger partial charge in [0, 0.05) is 6.54 Å². The van der Waals surface area contributed by atoms with Gasteiger partial charge in [-0.2, -0.15) is 0 Å². The third-order valence-corrected chi connectivity index (χ3v) is 2.94. The smallest absolute Gasteiger partial charge is 0.0994 e. The lowest BCUT2D eigenvalue weighted by atomic mass is 9.95. The van der Waals surface area contributed by atoms with E-state index < -0.39 is 5.60 Å². The summed E-state index contributed by atoms with van der Waals surface area (Å²) in [6, 6.07) is 9.84. The van der Waals surface area contributed by atoms with E-state index in [-0.39, 0.29) is 0 Å². The Hall–Kier alpha value is -0.900. The largest absolute Gasteiger partial charge is 0.384 e. The zero-order chi connectivity index (χ0) is 12.7. The van der Waals surface area contributed by atoms with Gasteiger partial charge in [-0.25, -0.2) is 0 Å². The van der Waals surface area contributed by atoms with E-state index in [2.05, 4.69) is 10.2 Å². The predicted octanol–water partition coefficient (Wildman–Crippen LogP) is 1.44. The average molecular weight is 236 g/mol. The number of hydrogen-bond donors (Lipinski definition) is 2. The third-order valence-electron chi connectivity index (χ3n) is 2.94. The van der Waals surface area contributed by atoms with Crippen LogP contribution in [0.4, 0.5) is 0 Å². The maximum atomic E-state index is 10.5. The molecule has 3 heteroatoms. The molecule has 1 aromatic rings. The minimum absolute atomic E-state index is 0.653. The van der Waals surface area contributed by atoms with Gasteiger partial charge in [-0.1, -0.05) is 30.3 Å². The highest BCUT2D eigenvalue weighted by molar-refractivity contribution is 5.21. The lowest BCUT2D eigenvalue weighted by Crippen LogP contribution is -2.37. The first-order valence-electron chi connectivity index (χ1n) is 6.17. The molecule has 0 aromatic heterocycles. The quantitative estimate of drug-likeness (QED) is 0.703. The molecule has 0 saturated heterocycles. The molecule has 0 aliphatic rings. The lowest BCUT2D eigenvalue weighted by molar-refractivity contribution is 0.0232. The van der Waals surface area contributed by atoms with Crippen LogP contribution in [0, 0.1) is 0 Å². The van der Waals surface area contributed by atoms with E-state index >= 15 is 0 Å². The highest BCUT2D eigenvalue weighted by Gasteiger charge is 2.24. The molecule has 3 nitrogen and oxygen atoms in total. The Morgan fingerprint density at radius 3 is 2.53 bits per heavy atom. The zero-order valence-electron chi connectivity index (χ0n) is 11.1. The van der Waals surface area contributed by atoms with Crippen LogP contribution >= 0.6 is 0 Å². The second kappa shape index (κ2) is 6.74. The van der Waals surface area contributed by atoms with Crippen molar-refractivity contribution >= 4 is 0 Å². The summed E-state index contributed by atoms with van der Waals surface area (Å²) in [6.45, 7) is 4.53. The zero-order valence-corrected chi connectivity index (χ0v) is 11.1. The first-order valence-corrected chi connectivity index (χ1v) is 6.17. The fraction of sp³-hybridized carbons (Fsp3) is 0.571. The third kappa shape index (κ3) is 4.86. The van der Waals surface area contributed by atoms with Gasteiger partial charge >= 0.3 is 0 Å². The normalized spacial score (nSPS) is 14.9. The first kappa shape index (κ1) is 14.2. The maximum absolute atomic E-state index is 10.5. The average Bonchev–Trinajstić information content (AvgIpc) is 2.30. The molecule has 0 bridgehead atoms. The van der Waals surface area contributed by atoms with Crippen LogP contribution < -0.4 is 5.32 Å². The molecule has 1 unspecified atom stereocenters. The first-order chi connectivity index (χ1) is 8.06. The Morgan fingerprint density at radius 2 is 1.94 bits per heavy atom. The van der Waals surface area contributed by atoms with Crippen molar-refractivity contribution in [3.8, 4) is 0 Å². The molecule has 1 rings (SSSR count). The molecule has 0 spiro atoms. The van der Waals surface area contributed by atoms with Gasteiger partial charge in [0.05, 0.1) is 5.60 Å². The summed E-state index contributed by atoms with van der Waals surface area (Å²) in [5.41, 5.74) is 0.191. The van der Waals surface area contributed by atoms with Crippen LogP contribution in [0.1, 0.15) is 18.9 Å². The molecule has 0 aliphatic heterocycles. The molecule has 2 N–H and O–H groups in total. The van der Waals surface area contributed by atoms with Crippen LogP contribution in [-0.4, -0.2) is 43.7 Å². The minimum atomic E-state index is -0.782. The lowest BCUT2D eigenvalue weighted by Gasteiger charge is -2.29. The number of nitrogens with one attached hydrogen (secondary N) is 1. The second-order valence-electron chi connectivity index (χ2n) is 4.83. The standard InChI is InChI=1S/C14H24N2O/c1-14(17,13-8-5-4-6-9-13)12-16(3)11-7-10-15-2/h4-6,8-9,15,17H,7,10-12H2,1-3H3. The number of aliphatic hydroxyl groups is 1. The van der Waals surface area contributed by atoms with Gasteiger partial charge in [0.15, 0.2) is 0 Å². The molecular formula is C14H24N2O.